The fraction of sp³-hybridized carbons (Fsp3) is 0.286. The number of H-pyrrole nitrogens is 1. The van der Waals surface area contributed by atoms with Gasteiger partial charge in [0.25, 0.3) is 5.69 Å². The highest BCUT2D eigenvalue weighted by atomic mass is 32.2. The molecule has 0 radical (unpaired) electrons. The molecule has 4 rings (SSSR count). The standard InChI is InChI=1S/C14H12N4O5S/c1-6-12-13(24-4-11(19)15-14(12)17-16-6)7-2-9-10(23-5-22-9)3-8(7)18(20)21/h2-3,13H,4-5H2,1H3,(H2,15,16,17,19)/t13-/m0/s1. The van der Waals surface area contributed by atoms with Gasteiger partial charge in [0, 0.05) is 11.3 Å². The molecule has 0 aliphatic carbocycles. The molecule has 3 heterocycles. The van der Waals surface area contributed by atoms with Crippen LogP contribution in [0.3, 0.4) is 0 Å². The van der Waals surface area contributed by atoms with Crippen LogP contribution in [0.5, 0.6) is 11.5 Å². The van der Waals surface area contributed by atoms with Crippen molar-refractivity contribution in [2.24, 2.45) is 0 Å². The molecule has 0 unspecified atom stereocenters. The van der Waals surface area contributed by atoms with Gasteiger partial charge in [0.1, 0.15) is 0 Å². The van der Waals surface area contributed by atoms with E-state index in [4.69, 9.17) is 9.47 Å². The average Bonchev–Trinajstić information content (AvgIpc) is 3.10. The minimum atomic E-state index is -0.451. The Kier molecular flexibility index (Phi) is 3.34. The van der Waals surface area contributed by atoms with E-state index in [-0.39, 0.29) is 24.1 Å². The van der Waals surface area contributed by atoms with Gasteiger partial charge in [-0.1, -0.05) is 0 Å². The molecule has 2 aliphatic heterocycles. The maximum absolute atomic E-state index is 11.9. The summed E-state index contributed by atoms with van der Waals surface area (Å²) in [6, 6.07) is 2.98. The Hall–Kier alpha value is -2.75. The van der Waals surface area contributed by atoms with Crippen molar-refractivity contribution in [1.82, 2.24) is 10.2 Å². The predicted octanol–water partition coefficient (Wildman–Crippen LogP) is 2.13. The van der Waals surface area contributed by atoms with Gasteiger partial charge in [0.05, 0.1) is 27.6 Å². The van der Waals surface area contributed by atoms with Crippen LogP contribution in [0, 0.1) is 17.0 Å². The summed E-state index contributed by atoms with van der Waals surface area (Å²) in [5.41, 5.74) is 1.86. The quantitative estimate of drug-likeness (QED) is 0.630. The molecule has 2 aromatic rings. The van der Waals surface area contributed by atoms with Crippen LogP contribution in [0.1, 0.15) is 22.1 Å². The molecule has 1 aromatic heterocycles. The number of thioether (sulfide) groups is 1. The molecule has 2 N–H and O–H groups in total. The highest BCUT2D eigenvalue weighted by molar-refractivity contribution is 8.00. The molecule has 24 heavy (non-hydrogen) atoms. The number of nitro benzene ring substituents is 1. The second-order valence-corrected chi connectivity index (χ2v) is 6.46. The van der Waals surface area contributed by atoms with E-state index in [1.54, 1.807) is 6.07 Å². The van der Waals surface area contributed by atoms with Crippen LogP contribution < -0.4 is 14.8 Å². The number of benzene rings is 1. The molecule has 124 valence electrons. The van der Waals surface area contributed by atoms with Gasteiger partial charge in [-0.15, -0.1) is 11.8 Å². The van der Waals surface area contributed by atoms with E-state index in [2.05, 4.69) is 15.5 Å². The van der Waals surface area contributed by atoms with Crippen LogP contribution in [-0.4, -0.2) is 33.6 Å². The van der Waals surface area contributed by atoms with Crippen LogP contribution in [0.2, 0.25) is 0 Å². The summed E-state index contributed by atoms with van der Waals surface area (Å²) in [5, 5.41) is 20.8. The number of hydrogen-bond acceptors (Lipinski definition) is 7. The largest absolute Gasteiger partial charge is 0.454 e. The van der Waals surface area contributed by atoms with E-state index in [0.29, 0.717) is 22.9 Å². The van der Waals surface area contributed by atoms with Gasteiger partial charge in [-0.05, 0) is 13.0 Å². The Balaban J connectivity index is 1.91. The van der Waals surface area contributed by atoms with E-state index in [0.717, 1.165) is 11.3 Å². The Morgan fingerprint density at radius 2 is 2.12 bits per heavy atom. The molecule has 2 aliphatic rings. The summed E-state index contributed by atoms with van der Waals surface area (Å²) in [5.74, 6) is 1.19. The fourth-order valence-electron chi connectivity index (χ4n) is 2.82. The van der Waals surface area contributed by atoms with Crippen molar-refractivity contribution >= 4 is 29.2 Å². The Bertz CT molecular complexity index is 865. The highest BCUT2D eigenvalue weighted by Gasteiger charge is 2.34. The molecule has 0 saturated carbocycles. The number of rotatable bonds is 2. The lowest BCUT2D eigenvalue weighted by atomic mass is 10.0. The topological polar surface area (TPSA) is 119 Å². The molecular weight excluding hydrogens is 336 g/mol. The first-order chi connectivity index (χ1) is 11.5. The van der Waals surface area contributed by atoms with Crippen molar-refractivity contribution < 1.29 is 19.2 Å². The number of aryl methyl sites for hydroxylation is 1. The van der Waals surface area contributed by atoms with Crippen molar-refractivity contribution in [3.05, 3.63) is 39.1 Å². The van der Waals surface area contributed by atoms with Crippen molar-refractivity contribution in [1.29, 1.82) is 0 Å². The van der Waals surface area contributed by atoms with Crippen molar-refractivity contribution in [2.75, 3.05) is 17.9 Å². The fourth-order valence-corrected chi connectivity index (χ4v) is 4.04. The van der Waals surface area contributed by atoms with Crippen molar-refractivity contribution in [2.45, 2.75) is 12.2 Å². The smallest absolute Gasteiger partial charge is 0.278 e. The number of fused-ring (bicyclic) bond motifs is 2. The number of ether oxygens (including phenoxy) is 2. The molecule has 1 amide bonds. The zero-order valence-corrected chi connectivity index (χ0v) is 13.3. The summed E-state index contributed by atoms with van der Waals surface area (Å²) in [6.07, 6.45) is 0. The number of aromatic nitrogens is 2. The molecule has 10 heteroatoms. The predicted molar refractivity (Wildman–Crippen MR) is 85.5 cm³/mol. The molecular formula is C14H12N4O5S. The average molecular weight is 348 g/mol. The van der Waals surface area contributed by atoms with Crippen LogP contribution in [0.25, 0.3) is 0 Å². The van der Waals surface area contributed by atoms with Gasteiger partial charge in [-0.25, -0.2) is 0 Å². The van der Waals surface area contributed by atoms with Gasteiger partial charge in [-0.2, -0.15) is 5.10 Å². The van der Waals surface area contributed by atoms with E-state index >= 15 is 0 Å². The monoisotopic (exact) mass is 348 g/mol. The zero-order chi connectivity index (χ0) is 16.8. The first-order valence-corrected chi connectivity index (χ1v) is 8.13. The molecule has 1 atom stereocenters. The van der Waals surface area contributed by atoms with Gasteiger partial charge >= 0.3 is 0 Å². The number of aromatic amines is 1. The van der Waals surface area contributed by atoms with E-state index in [1.807, 2.05) is 6.92 Å². The summed E-state index contributed by atoms with van der Waals surface area (Å²) in [7, 11) is 0. The third-order valence-corrected chi connectivity index (χ3v) is 5.15. The SMILES string of the molecule is Cc1[nH]nc2c1[C@H](c1cc3c(cc1[N+](=O)[O-])OCO3)SCC(=O)N2. The number of carbonyl (C=O) groups excluding carboxylic acids is 1. The molecule has 0 spiro atoms. The molecule has 1 aromatic carbocycles. The lowest BCUT2D eigenvalue weighted by molar-refractivity contribution is -0.385. The van der Waals surface area contributed by atoms with E-state index in [1.165, 1.54) is 17.8 Å². The lowest BCUT2D eigenvalue weighted by Crippen LogP contribution is -2.12. The minimum absolute atomic E-state index is 0.0315. The number of anilines is 1. The Morgan fingerprint density at radius 1 is 1.38 bits per heavy atom. The van der Waals surface area contributed by atoms with Crippen LogP contribution in [0.15, 0.2) is 12.1 Å². The second-order valence-electron chi connectivity index (χ2n) is 5.37. The number of nitrogens with one attached hydrogen (secondary N) is 2. The maximum Gasteiger partial charge on any atom is 0.278 e. The Labute approximate surface area is 139 Å². The third-order valence-electron chi connectivity index (χ3n) is 3.90. The van der Waals surface area contributed by atoms with Gasteiger partial charge in [-0.3, -0.25) is 20.0 Å². The third kappa shape index (κ3) is 2.26. The highest BCUT2D eigenvalue weighted by Crippen LogP contribution is 2.48. The van der Waals surface area contributed by atoms with E-state index < -0.39 is 10.2 Å². The number of amides is 1. The summed E-state index contributed by atoms with van der Waals surface area (Å²) in [4.78, 5) is 23.0. The van der Waals surface area contributed by atoms with E-state index in [9.17, 15) is 14.9 Å². The first-order valence-electron chi connectivity index (χ1n) is 7.09. The summed E-state index contributed by atoms with van der Waals surface area (Å²) in [6.45, 7) is 1.85. The summed E-state index contributed by atoms with van der Waals surface area (Å²) >= 11 is 1.31. The number of nitro groups is 1. The Morgan fingerprint density at radius 3 is 2.88 bits per heavy atom. The van der Waals surface area contributed by atoms with Gasteiger partial charge in [0.2, 0.25) is 12.7 Å². The lowest BCUT2D eigenvalue weighted by Gasteiger charge is -2.15. The second kappa shape index (κ2) is 5.41. The maximum atomic E-state index is 11.9. The summed E-state index contributed by atoms with van der Waals surface area (Å²) < 4.78 is 10.6. The molecule has 0 saturated heterocycles. The van der Waals surface area contributed by atoms with Crippen molar-refractivity contribution in [3.63, 3.8) is 0 Å². The number of carbonyl (C=O) groups is 1. The van der Waals surface area contributed by atoms with Gasteiger partial charge < -0.3 is 14.8 Å². The number of hydrogen-bond donors (Lipinski definition) is 2. The van der Waals surface area contributed by atoms with Crippen LogP contribution >= 0.6 is 11.8 Å². The normalized spacial score (nSPS) is 18.7. The molecule has 0 bridgehead atoms. The zero-order valence-electron chi connectivity index (χ0n) is 12.5. The van der Waals surface area contributed by atoms with Gasteiger partial charge in [0.15, 0.2) is 17.3 Å². The van der Waals surface area contributed by atoms with Crippen LogP contribution in [-0.2, 0) is 4.79 Å². The molecule has 0 fully saturated rings. The molecule has 9 nitrogen and oxygen atoms in total. The first kappa shape index (κ1) is 14.8. The minimum Gasteiger partial charge on any atom is -0.454 e. The van der Waals surface area contributed by atoms with Crippen molar-refractivity contribution in [3.8, 4) is 11.5 Å². The number of nitrogens with zero attached hydrogens (tertiary/aromatic N) is 2. The van der Waals surface area contributed by atoms with Crippen LogP contribution in [0.4, 0.5) is 11.5 Å².